The maximum absolute atomic E-state index is 12.2. The fraction of sp³-hybridized carbons (Fsp3) is 0.346. The zero-order valence-electron chi connectivity index (χ0n) is 21.4. The van der Waals surface area contributed by atoms with Crippen LogP contribution in [0.1, 0.15) is 22.9 Å². The van der Waals surface area contributed by atoms with Gasteiger partial charge in [0.2, 0.25) is 0 Å². The molecule has 1 aromatic carbocycles. The van der Waals surface area contributed by atoms with Crippen LogP contribution in [0.15, 0.2) is 43.0 Å². The van der Waals surface area contributed by atoms with E-state index in [0.717, 1.165) is 16.7 Å². The molecule has 0 aliphatic carbocycles. The summed E-state index contributed by atoms with van der Waals surface area (Å²) >= 11 is 0. The smallest absolute Gasteiger partial charge is 0.251 e. The van der Waals surface area contributed by atoms with Crippen LogP contribution in [0.5, 0.6) is 5.75 Å². The summed E-state index contributed by atoms with van der Waals surface area (Å²) in [6.07, 6.45) is -0.526. The summed E-state index contributed by atoms with van der Waals surface area (Å²) in [7, 11) is 2.98. The van der Waals surface area contributed by atoms with E-state index in [0.29, 0.717) is 40.7 Å². The Labute approximate surface area is 218 Å². The van der Waals surface area contributed by atoms with Crippen LogP contribution in [-0.2, 0) is 16.1 Å². The van der Waals surface area contributed by atoms with Crippen molar-refractivity contribution in [1.82, 2.24) is 29.8 Å². The molecule has 0 bridgehead atoms. The van der Waals surface area contributed by atoms with Gasteiger partial charge in [-0.25, -0.2) is 15.0 Å². The quantitative estimate of drug-likeness (QED) is 0.282. The van der Waals surface area contributed by atoms with Crippen LogP contribution >= 0.6 is 0 Å². The van der Waals surface area contributed by atoms with Crippen LogP contribution in [0.2, 0.25) is 0 Å². The number of aryl methyl sites for hydroxylation is 2. The van der Waals surface area contributed by atoms with Crippen LogP contribution in [0.3, 0.4) is 0 Å². The number of likely N-dealkylation sites (N-methyl/N-ethyl adjacent to an activating group) is 1. The first-order valence-electron chi connectivity index (χ1n) is 12.1. The van der Waals surface area contributed by atoms with E-state index < -0.39 is 30.4 Å². The lowest BCUT2D eigenvalue weighted by molar-refractivity contribution is -0.137. The molecule has 198 valence electrons. The Balaban J connectivity index is 1.59. The van der Waals surface area contributed by atoms with E-state index in [1.807, 2.05) is 13.8 Å². The molecule has 1 aliphatic heterocycles. The summed E-state index contributed by atoms with van der Waals surface area (Å²) in [6, 6.07) is 8.05. The number of fused-ring (bicyclic) bond motifs is 1. The SMILES string of the molecule is CNC(=O)[C@H]1O[C@H](n2cnc3c(NCc4cc(C)cc(C)c4)nc(-c4cncc(OC)c4)nc32)[C@H](O)[C@@H]1O. The van der Waals surface area contributed by atoms with Crippen LogP contribution in [-0.4, -0.2) is 73.1 Å². The van der Waals surface area contributed by atoms with Crippen molar-refractivity contribution in [2.24, 2.45) is 0 Å². The van der Waals surface area contributed by atoms with Gasteiger partial charge in [-0.05, 0) is 25.5 Å². The number of aromatic nitrogens is 5. The highest BCUT2D eigenvalue weighted by atomic mass is 16.6. The zero-order chi connectivity index (χ0) is 27.0. The third kappa shape index (κ3) is 4.76. The molecule has 0 radical (unpaired) electrons. The number of aliphatic hydroxyl groups excluding tert-OH is 2. The number of carbonyl (C=O) groups is 1. The van der Waals surface area contributed by atoms with Crippen LogP contribution in [0, 0.1) is 13.8 Å². The van der Waals surface area contributed by atoms with Crippen LogP contribution in [0.25, 0.3) is 22.6 Å². The molecule has 1 amide bonds. The third-order valence-electron chi connectivity index (χ3n) is 6.39. The Morgan fingerprint density at radius 1 is 1.11 bits per heavy atom. The van der Waals surface area contributed by atoms with Crippen LogP contribution in [0.4, 0.5) is 5.82 Å². The van der Waals surface area contributed by atoms with Gasteiger partial charge >= 0.3 is 0 Å². The molecule has 4 heterocycles. The topological polar surface area (TPSA) is 157 Å². The molecular formula is C26H29N7O5. The predicted octanol–water partition coefficient (Wildman–Crippen LogP) is 1.49. The van der Waals surface area contributed by atoms with E-state index in [9.17, 15) is 15.0 Å². The minimum Gasteiger partial charge on any atom is -0.495 e. The summed E-state index contributed by atoms with van der Waals surface area (Å²) in [5.74, 6) is 0.790. The number of rotatable bonds is 7. The highest BCUT2D eigenvalue weighted by molar-refractivity contribution is 5.85. The first kappa shape index (κ1) is 25.5. The molecule has 1 saturated heterocycles. The number of anilines is 1. The lowest BCUT2D eigenvalue weighted by atomic mass is 10.1. The molecule has 0 saturated carbocycles. The van der Waals surface area contributed by atoms with Gasteiger partial charge in [-0.2, -0.15) is 0 Å². The molecule has 12 heteroatoms. The number of nitrogens with zero attached hydrogens (tertiary/aromatic N) is 5. The maximum atomic E-state index is 12.2. The van der Waals surface area contributed by atoms with Gasteiger partial charge in [0.15, 0.2) is 35.1 Å². The number of benzene rings is 1. The van der Waals surface area contributed by atoms with Crippen molar-refractivity contribution in [3.05, 3.63) is 59.7 Å². The van der Waals surface area contributed by atoms with Crippen molar-refractivity contribution in [2.45, 2.75) is 44.9 Å². The molecule has 3 aromatic heterocycles. The van der Waals surface area contributed by atoms with Crippen molar-refractivity contribution in [2.75, 3.05) is 19.5 Å². The average Bonchev–Trinajstić information content (AvgIpc) is 3.46. The summed E-state index contributed by atoms with van der Waals surface area (Å²) in [5, 5.41) is 27.0. The minimum atomic E-state index is -1.43. The van der Waals surface area contributed by atoms with Crippen molar-refractivity contribution in [3.63, 3.8) is 0 Å². The van der Waals surface area contributed by atoms with Gasteiger partial charge < -0.3 is 30.3 Å². The number of amides is 1. The molecule has 1 aliphatic rings. The van der Waals surface area contributed by atoms with Gasteiger partial charge in [-0.15, -0.1) is 0 Å². The second-order valence-corrected chi connectivity index (χ2v) is 9.23. The Kier molecular flexibility index (Phi) is 6.93. The number of nitrogens with one attached hydrogen (secondary N) is 2. The van der Waals surface area contributed by atoms with E-state index in [-0.39, 0.29) is 0 Å². The average molecular weight is 520 g/mol. The number of carbonyl (C=O) groups excluding carboxylic acids is 1. The van der Waals surface area contributed by atoms with E-state index in [1.165, 1.54) is 17.9 Å². The Bertz CT molecular complexity index is 1470. The largest absolute Gasteiger partial charge is 0.495 e. The van der Waals surface area contributed by atoms with Gasteiger partial charge in [0.25, 0.3) is 5.91 Å². The lowest BCUT2D eigenvalue weighted by Crippen LogP contribution is -2.41. The fourth-order valence-electron chi connectivity index (χ4n) is 4.61. The Hall–Kier alpha value is -4.13. The number of ether oxygens (including phenoxy) is 2. The highest BCUT2D eigenvalue weighted by Crippen LogP contribution is 2.34. The summed E-state index contributed by atoms with van der Waals surface area (Å²) in [6.45, 7) is 4.57. The van der Waals surface area contributed by atoms with E-state index in [4.69, 9.17) is 19.4 Å². The minimum absolute atomic E-state index is 0.337. The van der Waals surface area contributed by atoms with E-state index in [1.54, 1.807) is 25.6 Å². The summed E-state index contributed by atoms with van der Waals surface area (Å²) in [5.41, 5.74) is 4.75. The standard InChI is InChI=1S/C26H29N7O5/c1-13-5-14(2)7-15(6-13)9-29-23-18-24(32-22(31-23)16-8-17(37-4)11-28-10-16)33(12-30-18)26-20(35)19(34)21(38-26)25(36)27-3/h5-8,10-12,19-21,26,34-35H,9H2,1-4H3,(H,27,36)(H,29,31,32)/t19-,20+,21-,26-/m0/s1. The number of hydrogen-bond acceptors (Lipinski definition) is 10. The van der Waals surface area contributed by atoms with Crippen molar-refractivity contribution >= 4 is 22.9 Å². The highest BCUT2D eigenvalue weighted by Gasteiger charge is 2.47. The van der Waals surface area contributed by atoms with Gasteiger partial charge in [0, 0.05) is 25.4 Å². The summed E-state index contributed by atoms with van der Waals surface area (Å²) in [4.78, 5) is 30.3. The molecule has 12 nitrogen and oxygen atoms in total. The normalized spacial score (nSPS) is 21.0. The first-order chi connectivity index (χ1) is 18.3. The molecule has 4 N–H and O–H groups in total. The van der Waals surface area contributed by atoms with Crippen LogP contribution < -0.4 is 15.4 Å². The fourth-order valence-corrected chi connectivity index (χ4v) is 4.61. The first-order valence-corrected chi connectivity index (χ1v) is 12.1. The number of aliphatic hydroxyl groups is 2. The Morgan fingerprint density at radius 2 is 1.87 bits per heavy atom. The Morgan fingerprint density at radius 3 is 2.58 bits per heavy atom. The second-order valence-electron chi connectivity index (χ2n) is 9.23. The molecule has 1 fully saturated rings. The number of pyridine rings is 1. The van der Waals surface area contributed by atoms with Crippen molar-refractivity contribution in [1.29, 1.82) is 0 Å². The van der Waals surface area contributed by atoms with Crippen molar-refractivity contribution < 1.29 is 24.5 Å². The van der Waals surface area contributed by atoms with Gasteiger partial charge in [-0.3, -0.25) is 14.3 Å². The zero-order valence-corrected chi connectivity index (χ0v) is 21.4. The predicted molar refractivity (Wildman–Crippen MR) is 138 cm³/mol. The monoisotopic (exact) mass is 519 g/mol. The van der Waals surface area contributed by atoms with Gasteiger partial charge in [0.1, 0.15) is 18.0 Å². The number of methoxy groups -OCH3 is 1. The number of hydrogen-bond donors (Lipinski definition) is 4. The molecule has 4 atom stereocenters. The van der Waals surface area contributed by atoms with Crippen molar-refractivity contribution in [3.8, 4) is 17.1 Å². The van der Waals surface area contributed by atoms with E-state index >= 15 is 0 Å². The second kappa shape index (κ2) is 10.3. The molecular weight excluding hydrogens is 490 g/mol. The molecule has 4 aromatic rings. The van der Waals surface area contributed by atoms with Gasteiger partial charge in [0.05, 0.1) is 19.6 Å². The molecule has 5 rings (SSSR count). The molecule has 0 unspecified atom stereocenters. The van der Waals surface area contributed by atoms with Gasteiger partial charge in [-0.1, -0.05) is 29.3 Å². The lowest BCUT2D eigenvalue weighted by Gasteiger charge is -2.17. The van der Waals surface area contributed by atoms with E-state index in [2.05, 4.69) is 38.8 Å². The maximum Gasteiger partial charge on any atom is 0.251 e. The number of imidazole rings is 1. The molecule has 38 heavy (non-hydrogen) atoms. The third-order valence-corrected chi connectivity index (χ3v) is 6.39. The molecule has 0 spiro atoms. The summed E-state index contributed by atoms with van der Waals surface area (Å²) < 4.78 is 12.6.